The van der Waals surface area contributed by atoms with Crippen LogP contribution in [0.3, 0.4) is 0 Å². The molecule has 6 nitrogen and oxygen atoms in total. The minimum absolute atomic E-state index is 0.0954. The minimum Gasteiger partial charge on any atom is -0.353 e. The van der Waals surface area contributed by atoms with Gasteiger partial charge in [-0.25, -0.2) is 0 Å². The summed E-state index contributed by atoms with van der Waals surface area (Å²) in [7, 11) is 0. The highest BCUT2D eigenvalue weighted by molar-refractivity contribution is 5.91. The Bertz CT molecular complexity index is 851. The van der Waals surface area contributed by atoms with Crippen molar-refractivity contribution in [3.63, 3.8) is 0 Å². The Morgan fingerprint density at radius 3 is 2.57 bits per heavy atom. The number of H-pyrrole nitrogens is 1. The Balaban J connectivity index is 1.25. The first-order chi connectivity index (χ1) is 14.6. The lowest BCUT2D eigenvalue weighted by molar-refractivity contribution is -0.124. The van der Waals surface area contributed by atoms with Crippen molar-refractivity contribution < 1.29 is 9.59 Å². The van der Waals surface area contributed by atoms with Gasteiger partial charge in [-0.1, -0.05) is 56.5 Å². The van der Waals surface area contributed by atoms with Crippen molar-refractivity contribution in [3.05, 3.63) is 47.7 Å². The van der Waals surface area contributed by atoms with E-state index in [1.54, 1.807) is 0 Å². The second-order valence-electron chi connectivity index (χ2n) is 8.78. The van der Waals surface area contributed by atoms with E-state index in [9.17, 15) is 9.59 Å². The van der Waals surface area contributed by atoms with Gasteiger partial charge in [-0.2, -0.15) is 5.10 Å². The van der Waals surface area contributed by atoms with Crippen LogP contribution < -0.4 is 10.6 Å². The molecule has 1 aromatic heterocycles. The second kappa shape index (κ2) is 9.45. The number of aromatic amines is 1. The van der Waals surface area contributed by atoms with E-state index in [0.717, 1.165) is 56.2 Å². The molecule has 2 aliphatic carbocycles. The third-order valence-electron chi connectivity index (χ3n) is 6.68. The Kier molecular flexibility index (Phi) is 6.50. The number of nitrogens with zero attached hydrogens (tertiary/aromatic N) is 1. The quantitative estimate of drug-likeness (QED) is 0.631. The van der Waals surface area contributed by atoms with Gasteiger partial charge in [-0.3, -0.25) is 14.7 Å². The summed E-state index contributed by atoms with van der Waals surface area (Å²) in [6.07, 6.45) is 8.06. The number of aromatic nitrogens is 2. The molecule has 1 unspecified atom stereocenters. The molecular formula is C24H32N4O2. The standard InChI is InChI=1S/C24H32N4O2/c1-2-20(16-9-5-3-6-10-16)24(30)25-19-13-18(14-19)21-15-22(28-27-21)26-23(29)17-11-7-4-8-12-17/h3,5-6,9-10,15,17-20H,2,4,7-8,11-14H2,1H3,(H,25,30)(H2,26,27,28,29). The zero-order chi connectivity index (χ0) is 20.9. The number of benzene rings is 1. The van der Waals surface area contributed by atoms with Crippen molar-refractivity contribution in [2.24, 2.45) is 5.92 Å². The SMILES string of the molecule is CCC(C(=O)NC1CC(c2cc(NC(=O)C3CCCCC3)n[nH]2)C1)c1ccccc1. The first kappa shape index (κ1) is 20.6. The van der Waals surface area contributed by atoms with Crippen LogP contribution in [0.15, 0.2) is 36.4 Å². The third kappa shape index (κ3) is 4.74. The predicted molar refractivity (Wildman–Crippen MR) is 117 cm³/mol. The van der Waals surface area contributed by atoms with Gasteiger partial charge in [0.05, 0.1) is 5.92 Å². The van der Waals surface area contributed by atoms with Crippen LogP contribution >= 0.6 is 0 Å². The maximum atomic E-state index is 12.7. The zero-order valence-corrected chi connectivity index (χ0v) is 17.7. The lowest BCUT2D eigenvalue weighted by Crippen LogP contribution is -2.45. The first-order valence-electron chi connectivity index (χ1n) is 11.4. The van der Waals surface area contributed by atoms with Gasteiger partial charge < -0.3 is 10.6 Å². The van der Waals surface area contributed by atoms with Gasteiger partial charge in [-0.15, -0.1) is 0 Å². The number of carbonyl (C=O) groups excluding carboxylic acids is 2. The largest absolute Gasteiger partial charge is 0.353 e. The van der Waals surface area contributed by atoms with Crippen molar-refractivity contribution in [3.8, 4) is 0 Å². The number of hydrogen-bond donors (Lipinski definition) is 3. The van der Waals surface area contributed by atoms with Crippen molar-refractivity contribution in [1.29, 1.82) is 0 Å². The summed E-state index contributed by atoms with van der Waals surface area (Å²) in [5, 5.41) is 13.5. The van der Waals surface area contributed by atoms with Gasteiger partial charge in [0.25, 0.3) is 0 Å². The van der Waals surface area contributed by atoms with E-state index in [0.29, 0.717) is 11.7 Å². The van der Waals surface area contributed by atoms with Crippen LogP contribution in [-0.4, -0.2) is 28.1 Å². The molecular weight excluding hydrogens is 376 g/mol. The van der Waals surface area contributed by atoms with Crippen LogP contribution in [0.4, 0.5) is 5.82 Å². The number of anilines is 1. The molecule has 2 amide bonds. The molecule has 1 atom stereocenters. The molecule has 1 heterocycles. The number of amides is 2. The molecule has 3 N–H and O–H groups in total. The Morgan fingerprint density at radius 2 is 1.87 bits per heavy atom. The van der Waals surface area contributed by atoms with E-state index in [1.807, 2.05) is 36.4 Å². The molecule has 6 heteroatoms. The summed E-state index contributed by atoms with van der Waals surface area (Å²) < 4.78 is 0. The summed E-state index contributed by atoms with van der Waals surface area (Å²) >= 11 is 0. The van der Waals surface area contributed by atoms with Crippen molar-refractivity contribution >= 4 is 17.6 Å². The molecule has 160 valence electrons. The Morgan fingerprint density at radius 1 is 1.13 bits per heavy atom. The summed E-state index contributed by atoms with van der Waals surface area (Å²) in [5.74, 6) is 1.19. The number of nitrogens with one attached hydrogen (secondary N) is 3. The minimum atomic E-state index is -0.0981. The molecule has 2 aliphatic rings. The molecule has 0 radical (unpaired) electrons. The summed E-state index contributed by atoms with van der Waals surface area (Å²) in [5.41, 5.74) is 2.11. The first-order valence-corrected chi connectivity index (χ1v) is 11.4. The highest BCUT2D eigenvalue weighted by atomic mass is 16.2. The maximum absolute atomic E-state index is 12.7. The average molecular weight is 409 g/mol. The van der Waals surface area contributed by atoms with Crippen LogP contribution in [0.1, 0.15) is 81.4 Å². The number of rotatable bonds is 7. The molecule has 0 aliphatic heterocycles. The van der Waals surface area contributed by atoms with Crippen molar-refractivity contribution in [2.45, 2.75) is 76.2 Å². The van der Waals surface area contributed by atoms with Gasteiger partial charge in [0.2, 0.25) is 11.8 Å². The zero-order valence-electron chi connectivity index (χ0n) is 17.7. The lowest BCUT2D eigenvalue weighted by Gasteiger charge is -2.36. The van der Waals surface area contributed by atoms with Crippen molar-refractivity contribution in [2.75, 3.05) is 5.32 Å². The predicted octanol–water partition coefficient (Wildman–Crippen LogP) is 4.48. The summed E-state index contributed by atoms with van der Waals surface area (Å²) in [4.78, 5) is 25.1. The Hall–Kier alpha value is -2.63. The molecule has 30 heavy (non-hydrogen) atoms. The van der Waals surface area contributed by atoms with Crippen molar-refractivity contribution in [1.82, 2.24) is 15.5 Å². The fraction of sp³-hybridized carbons (Fsp3) is 0.542. The monoisotopic (exact) mass is 408 g/mol. The fourth-order valence-electron chi connectivity index (χ4n) is 4.75. The summed E-state index contributed by atoms with van der Waals surface area (Å²) in [6, 6.07) is 12.1. The highest BCUT2D eigenvalue weighted by Gasteiger charge is 2.34. The molecule has 0 spiro atoms. The van der Waals surface area contributed by atoms with Gasteiger partial charge >= 0.3 is 0 Å². The van der Waals surface area contributed by atoms with Crippen LogP contribution in [0.2, 0.25) is 0 Å². The fourth-order valence-corrected chi connectivity index (χ4v) is 4.75. The molecule has 2 aromatic rings. The van der Waals surface area contributed by atoms with Crippen LogP contribution in [0.25, 0.3) is 0 Å². The lowest BCUT2D eigenvalue weighted by atomic mass is 9.78. The van der Waals surface area contributed by atoms with Gasteiger partial charge in [0.1, 0.15) is 0 Å². The van der Waals surface area contributed by atoms with E-state index < -0.39 is 0 Å². The molecule has 2 saturated carbocycles. The molecule has 1 aromatic carbocycles. The van der Waals surface area contributed by atoms with Gasteiger partial charge in [-0.05, 0) is 37.7 Å². The van der Waals surface area contributed by atoms with Crippen LogP contribution in [0.5, 0.6) is 0 Å². The van der Waals surface area contributed by atoms with Gasteiger partial charge in [0, 0.05) is 29.6 Å². The van der Waals surface area contributed by atoms with E-state index >= 15 is 0 Å². The van der Waals surface area contributed by atoms with Crippen LogP contribution in [-0.2, 0) is 9.59 Å². The Labute approximate surface area is 178 Å². The van der Waals surface area contributed by atoms with E-state index in [-0.39, 0.29) is 29.7 Å². The van der Waals surface area contributed by atoms with E-state index in [2.05, 4.69) is 27.8 Å². The second-order valence-corrected chi connectivity index (χ2v) is 8.78. The number of hydrogen-bond acceptors (Lipinski definition) is 3. The number of carbonyl (C=O) groups is 2. The average Bonchev–Trinajstić information content (AvgIpc) is 3.20. The molecule has 0 bridgehead atoms. The smallest absolute Gasteiger partial charge is 0.228 e. The van der Waals surface area contributed by atoms with E-state index in [4.69, 9.17) is 0 Å². The summed E-state index contributed by atoms with van der Waals surface area (Å²) in [6.45, 7) is 2.05. The molecule has 2 fully saturated rings. The highest BCUT2D eigenvalue weighted by Crippen LogP contribution is 2.37. The third-order valence-corrected chi connectivity index (χ3v) is 6.68. The topological polar surface area (TPSA) is 86.9 Å². The normalized spacial score (nSPS) is 22.7. The maximum Gasteiger partial charge on any atom is 0.228 e. The van der Waals surface area contributed by atoms with E-state index in [1.165, 1.54) is 6.42 Å². The van der Waals surface area contributed by atoms with Crippen LogP contribution in [0, 0.1) is 5.92 Å². The molecule has 4 rings (SSSR count). The molecule has 0 saturated heterocycles. The van der Waals surface area contributed by atoms with Gasteiger partial charge in [0.15, 0.2) is 5.82 Å².